The van der Waals surface area contributed by atoms with E-state index in [4.69, 9.17) is 33.7 Å². The zero-order chi connectivity index (χ0) is 22.3. The SMILES string of the molecule is NCC(=O)N(NC(=O)c1ccc([N+](=O)[O-])cc1)NC(=O)C(Cl)Oc1ccc(Cl)cc1. The fraction of sp³-hybridized carbons (Fsp3) is 0.118. The molecule has 0 aliphatic carbocycles. The minimum absolute atomic E-state index is 0.00971. The number of alkyl halides is 1. The molecular formula is C17H15Cl2N5O6. The van der Waals surface area contributed by atoms with Crippen LogP contribution in [0.3, 0.4) is 0 Å². The van der Waals surface area contributed by atoms with Crippen molar-refractivity contribution in [3.05, 3.63) is 69.2 Å². The number of benzene rings is 2. The van der Waals surface area contributed by atoms with E-state index in [1.54, 1.807) is 0 Å². The minimum Gasteiger partial charge on any atom is -0.465 e. The lowest BCUT2D eigenvalue weighted by Gasteiger charge is -2.24. The van der Waals surface area contributed by atoms with Crippen LogP contribution in [-0.4, -0.2) is 39.9 Å². The number of hydrogen-bond acceptors (Lipinski definition) is 7. The highest BCUT2D eigenvalue weighted by Gasteiger charge is 2.24. The van der Waals surface area contributed by atoms with Crippen LogP contribution in [0.25, 0.3) is 0 Å². The lowest BCUT2D eigenvalue weighted by Crippen LogP contribution is -2.59. The first-order chi connectivity index (χ1) is 14.2. The first-order valence-corrected chi connectivity index (χ1v) is 8.98. The molecule has 0 saturated carbocycles. The highest BCUT2D eigenvalue weighted by molar-refractivity contribution is 6.30. The molecule has 158 valence electrons. The summed E-state index contributed by atoms with van der Waals surface area (Å²) in [5.41, 5.74) is 7.68. The maximum atomic E-state index is 12.3. The van der Waals surface area contributed by atoms with Crippen molar-refractivity contribution < 1.29 is 24.0 Å². The molecule has 0 aliphatic heterocycles. The summed E-state index contributed by atoms with van der Waals surface area (Å²) in [4.78, 5) is 46.5. The Labute approximate surface area is 179 Å². The van der Waals surface area contributed by atoms with Gasteiger partial charge in [-0.05, 0) is 36.4 Å². The fourth-order valence-electron chi connectivity index (χ4n) is 1.99. The molecule has 0 heterocycles. The van der Waals surface area contributed by atoms with E-state index in [-0.39, 0.29) is 17.0 Å². The summed E-state index contributed by atoms with van der Waals surface area (Å²) < 4.78 is 5.22. The zero-order valence-corrected chi connectivity index (χ0v) is 16.6. The van der Waals surface area contributed by atoms with Gasteiger partial charge in [0.05, 0.1) is 11.5 Å². The second kappa shape index (κ2) is 10.4. The van der Waals surface area contributed by atoms with Crippen molar-refractivity contribution in [3.8, 4) is 5.75 Å². The highest BCUT2D eigenvalue weighted by atomic mass is 35.5. The first-order valence-electron chi connectivity index (χ1n) is 8.16. The largest absolute Gasteiger partial charge is 0.465 e. The first kappa shape index (κ1) is 22.9. The predicted octanol–water partition coefficient (Wildman–Crippen LogP) is 1.36. The van der Waals surface area contributed by atoms with Crippen molar-refractivity contribution in [1.29, 1.82) is 0 Å². The van der Waals surface area contributed by atoms with Crippen LogP contribution < -0.4 is 21.3 Å². The van der Waals surface area contributed by atoms with Gasteiger partial charge < -0.3 is 10.5 Å². The molecule has 0 aliphatic rings. The van der Waals surface area contributed by atoms with E-state index in [1.165, 1.54) is 36.4 Å². The summed E-state index contributed by atoms with van der Waals surface area (Å²) in [7, 11) is 0. The number of amides is 3. The predicted molar refractivity (Wildman–Crippen MR) is 106 cm³/mol. The highest BCUT2D eigenvalue weighted by Crippen LogP contribution is 2.18. The molecule has 1 atom stereocenters. The number of nitrogens with two attached hydrogens (primary N) is 1. The van der Waals surface area contributed by atoms with E-state index < -0.39 is 34.8 Å². The number of nitrogens with zero attached hydrogens (tertiary/aromatic N) is 2. The number of halogens is 2. The number of nitrogens with one attached hydrogen (secondary N) is 2. The third-order valence-corrected chi connectivity index (χ3v) is 4.00. The summed E-state index contributed by atoms with van der Waals surface area (Å²) in [6.45, 7) is -0.550. The van der Waals surface area contributed by atoms with Gasteiger partial charge in [0.15, 0.2) is 0 Å². The number of non-ortho nitro benzene ring substituents is 1. The minimum atomic E-state index is -1.56. The number of nitro groups is 1. The third kappa shape index (κ3) is 6.30. The van der Waals surface area contributed by atoms with E-state index in [9.17, 15) is 24.5 Å². The maximum Gasteiger partial charge on any atom is 0.297 e. The summed E-state index contributed by atoms with van der Waals surface area (Å²) in [5.74, 6) is -2.44. The Kier molecular flexibility index (Phi) is 7.92. The van der Waals surface area contributed by atoms with Crippen LogP contribution in [0.2, 0.25) is 5.02 Å². The average Bonchev–Trinajstić information content (AvgIpc) is 2.74. The van der Waals surface area contributed by atoms with Gasteiger partial charge in [-0.15, -0.1) is 0 Å². The number of hydrogen-bond donors (Lipinski definition) is 3. The molecule has 30 heavy (non-hydrogen) atoms. The third-order valence-electron chi connectivity index (χ3n) is 3.46. The summed E-state index contributed by atoms with van der Waals surface area (Å²) in [6.07, 6.45) is 0. The molecule has 11 nitrogen and oxygen atoms in total. The fourth-order valence-corrected chi connectivity index (χ4v) is 2.27. The van der Waals surface area contributed by atoms with Gasteiger partial charge in [-0.3, -0.25) is 24.5 Å². The second-order valence-corrected chi connectivity index (χ2v) is 6.37. The lowest BCUT2D eigenvalue weighted by atomic mass is 10.2. The van der Waals surface area contributed by atoms with Crippen molar-refractivity contribution in [2.45, 2.75) is 5.56 Å². The molecule has 2 aromatic rings. The molecule has 0 saturated heterocycles. The Balaban J connectivity index is 2.04. The Morgan fingerprint density at radius 2 is 1.70 bits per heavy atom. The van der Waals surface area contributed by atoms with Crippen LogP contribution in [0.1, 0.15) is 10.4 Å². The van der Waals surface area contributed by atoms with Crippen LogP contribution >= 0.6 is 23.2 Å². The summed E-state index contributed by atoms with van der Waals surface area (Å²) in [6, 6.07) is 10.6. The average molecular weight is 456 g/mol. The van der Waals surface area contributed by atoms with Crippen molar-refractivity contribution >= 4 is 46.6 Å². The molecule has 0 bridgehead atoms. The van der Waals surface area contributed by atoms with E-state index in [2.05, 4.69) is 10.9 Å². The second-order valence-electron chi connectivity index (χ2n) is 5.54. The van der Waals surface area contributed by atoms with Gasteiger partial charge in [0.1, 0.15) is 5.75 Å². The van der Waals surface area contributed by atoms with Crippen LogP contribution in [-0.2, 0) is 9.59 Å². The molecule has 13 heteroatoms. The number of carbonyl (C=O) groups excluding carboxylic acids is 3. The van der Waals surface area contributed by atoms with E-state index in [0.717, 1.165) is 12.1 Å². The van der Waals surface area contributed by atoms with Gasteiger partial charge >= 0.3 is 0 Å². The quantitative estimate of drug-likeness (QED) is 0.336. The van der Waals surface area contributed by atoms with E-state index >= 15 is 0 Å². The van der Waals surface area contributed by atoms with Crippen molar-refractivity contribution in [1.82, 2.24) is 16.0 Å². The van der Waals surface area contributed by atoms with Crippen LogP contribution in [0.15, 0.2) is 48.5 Å². The number of rotatable bonds is 6. The number of carbonyl (C=O) groups is 3. The Morgan fingerprint density at radius 3 is 2.23 bits per heavy atom. The summed E-state index contributed by atoms with van der Waals surface area (Å²) in [5, 5.41) is 11.6. The van der Waals surface area contributed by atoms with Gasteiger partial charge in [0, 0.05) is 22.7 Å². The molecule has 0 fully saturated rings. The maximum absolute atomic E-state index is 12.3. The molecule has 3 amide bonds. The standard InChI is InChI=1S/C17H15Cl2N5O6/c18-11-3-7-13(8-4-11)30-15(19)17(27)22-23(14(25)9-20)21-16(26)10-1-5-12(6-2-10)24(28)29/h1-8,15H,9,20H2,(H,21,26)(H,22,27). The van der Waals surface area contributed by atoms with Gasteiger partial charge in [0.2, 0.25) is 0 Å². The summed E-state index contributed by atoms with van der Waals surface area (Å²) >= 11 is 11.6. The number of nitro benzene ring substituents is 1. The number of ether oxygens (including phenoxy) is 1. The molecule has 4 N–H and O–H groups in total. The Hall–Kier alpha value is -3.41. The van der Waals surface area contributed by atoms with Gasteiger partial charge in [-0.1, -0.05) is 23.2 Å². The normalized spacial score (nSPS) is 11.2. The molecule has 0 spiro atoms. The van der Waals surface area contributed by atoms with Crippen molar-refractivity contribution in [2.24, 2.45) is 5.73 Å². The molecular weight excluding hydrogens is 441 g/mol. The molecule has 0 radical (unpaired) electrons. The molecule has 1 unspecified atom stereocenters. The Bertz CT molecular complexity index is 939. The van der Waals surface area contributed by atoms with E-state index in [0.29, 0.717) is 10.1 Å². The van der Waals surface area contributed by atoms with Crippen LogP contribution in [0, 0.1) is 10.1 Å². The molecule has 0 aromatic heterocycles. The smallest absolute Gasteiger partial charge is 0.297 e. The number of hydrazine groups is 2. The zero-order valence-electron chi connectivity index (χ0n) is 15.1. The van der Waals surface area contributed by atoms with Crippen LogP contribution in [0.5, 0.6) is 5.75 Å². The lowest BCUT2D eigenvalue weighted by molar-refractivity contribution is -0.384. The van der Waals surface area contributed by atoms with E-state index in [1.807, 2.05) is 0 Å². The molecule has 2 aromatic carbocycles. The Morgan fingerprint density at radius 1 is 1.10 bits per heavy atom. The van der Waals surface area contributed by atoms with Crippen molar-refractivity contribution in [2.75, 3.05) is 6.54 Å². The van der Waals surface area contributed by atoms with Gasteiger partial charge in [0.25, 0.3) is 29.0 Å². The van der Waals surface area contributed by atoms with Crippen molar-refractivity contribution in [3.63, 3.8) is 0 Å². The van der Waals surface area contributed by atoms with Gasteiger partial charge in [-0.25, -0.2) is 10.9 Å². The monoisotopic (exact) mass is 455 g/mol. The topological polar surface area (TPSA) is 157 Å². The molecule has 2 rings (SSSR count). The van der Waals surface area contributed by atoms with Gasteiger partial charge in [-0.2, -0.15) is 5.12 Å². The van der Waals surface area contributed by atoms with Crippen LogP contribution in [0.4, 0.5) is 5.69 Å².